The molecule has 124 valence electrons. The zero-order valence-corrected chi connectivity index (χ0v) is 13.7. The van der Waals surface area contributed by atoms with Crippen molar-refractivity contribution >= 4 is 29.1 Å². The highest BCUT2D eigenvalue weighted by Crippen LogP contribution is 2.28. The van der Waals surface area contributed by atoms with Gasteiger partial charge in [0.1, 0.15) is 5.92 Å². The van der Waals surface area contributed by atoms with Gasteiger partial charge in [-0.05, 0) is 49.4 Å². The van der Waals surface area contributed by atoms with E-state index in [2.05, 4.69) is 0 Å². The first-order valence-electron chi connectivity index (χ1n) is 8.06. The van der Waals surface area contributed by atoms with Gasteiger partial charge in [0.25, 0.3) is 0 Å². The van der Waals surface area contributed by atoms with E-state index in [1.54, 1.807) is 34.1 Å². The molecule has 2 heterocycles. The number of piperidine rings is 1. The molecular formula is C17H21ClN2O3. The molecule has 2 fully saturated rings. The fourth-order valence-electron chi connectivity index (χ4n) is 3.42. The van der Waals surface area contributed by atoms with Crippen LogP contribution in [0.2, 0.25) is 5.02 Å². The maximum atomic E-state index is 12.7. The topological polar surface area (TPSA) is 60.9 Å². The number of hydrogen-bond donors (Lipinski definition) is 1. The van der Waals surface area contributed by atoms with Crippen molar-refractivity contribution in [1.82, 2.24) is 4.90 Å². The molecular weight excluding hydrogens is 316 g/mol. The first kappa shape index (κ1) is 16.3. The van der Waals surface area contributed by atoms with Crippen molar-refractivity contribution in [2.75, 3.05) is 31.1 Å². The Bertz CT molecular complexity index is 590. The summed E-state index contributed by atoms with van der Waals surface area (Å²) in [5.74, 6) is -0.687. The highest BCUT2D eigenvalue weighted by Gasteiger charge is 2.40. The number of halogens is 1. The number of amides is 2. The molecule has 2 amide bonds. The normalized spacial score (nSPS) is 25.0. The SMILES string of the molecule is O=C(C1CCN(c2ccc(Cl)cc2)C1=O)N1CCCC(CO)C1. The summed E-state index contributed by atoms with van der Waals surface area (Å²) in [6.07, 6.45) is 2.37. The molecule has 1 aromatic carbocycles. The van der Waals surface area contributed by atoms with Crippen LogP contribution in [0.25, 0.3) is 0 Å². The molecule has 2 unspecified atom stereocenters. The lowest BCUT2D eigenvalue weighted by Crippen LogP contribution is -2.45. The zero-order chi connectivity index (χ0) is 16.4. The van der Waals surface area contributed by atoms with Crippen molar-refractivity contribution in [3.63, 3.8) is 0 Å². The second-order valence-electron chi connectivity index (χ2n) is 6.28. The Balaban J connectivity index is 1.68. The molecule has 2 aliphatic rings. The molecule has 6 heteroatoms. The van der Waals surface area contributed by atoms with E-state index in [0.717, 1.165) is 18.5 Å². The van der Waals surface area contributed by atoms with Crippen LogP contribution in [0.3, 0.4) is 0 Å². The van der Waals surface area contributed by atoms with Gasteiger partial charge in [0.05, 0.1) is 0 Å². The number of carbonyl (C=O) groups excluding carboxylic acids is 2. The average molecular weight is 337 g/mol. The highest BCUT2D eigenvalue weighted by molar-refractivity contribution is 6.30. The maximum absolute atomic E-state index is 12.7. The molecule has 0 aromatic heterocycles. The predicted octanol–water partition coefficient (Wildman–Crippen LogP) is 1.92. The summed E-state index contributed by atoms with van der Waals surface area (Å²) >= 11 is 5.88. The fourth-order valence-corrected chi connectivity index (χ4v) is 3.55. The van der Waals surface area contributed by atoms with E-state index in [4.69, 9.17) is 11.6 Å². The third-order valence-corrected chi connectivity index (χ3v) is 4.98. The minimum Gasteiger partial charge on any atom is -0.396 e. The molecule has 0 saturated carbocycles. The lowest BCUT2D eigenvalue weighted by atomic mass is 9.97. The van der Waals surface area contributed by atoms with E-state index < -0.39 is 5.92 Å². The average Bonchev–Trinajstić information content (AvgIpc) is 2.96. The Hall–Kier alpha value is -1.59. The number of likely N-dealkylation sites (tertiary alicyclic amines) is 1. The highest BCUT2D eigenvalue weighted by atomic mass is 35.5. The number of aliphatic hydroxyl groups excluding tert-OH is 1. The molecule has 23 heavy (non-hydrogen) atoms. The molecule has 5 nitrogen and oxygen atoms in total. The summed E-state index contributed by atoms with van der Waals surface area (Å²) in [5.41, 5.74) is 0.779. The lowest BCUT2D eigenvalue weighted by Gasteiger charge is -2.33. The molecule has 3 rings (SSSR count). The van der Waals surface area contributed by atoms with Gasteiger partial charge in [0.15, 0.2) is 0 Å². The maximum Gasteiger partial charge on any atom is 0.239 e. The standard InChI is InChI=1S/C17H21ClN2O3/c18-13-3-5-14(6-4-13)20-9-7-15(17(20)23)16(22)19-8-1-2-12(10-19)11-21/h3-6,12,15,21H,1-2,7-11H2. The van der Waals surface area contributed by atoms with Crippen LogP contribution in [0, 0.1) is 11.8 Å². The number of hydrogen-bond acceptors (Lipinski definition) is 3. The van der Waals surface area contributed by atoms with E-state index in [9.17, 15) is 14.7 Å². The van der Waals surface area contributed by atoms with Crippen LogP contribution >= 0.6 is 11.6 Å². The van der Waals surface area contributed by atoms with Crippen molar-refractivity contribution in [1.29, 1.82) is 0 Å². The van der Waals surface area contributed by atoms with Crippen LogP contribution < -0.4 is 4.90 Å². The first-order valence-corrected chi connectivity index (χ1v) is 8.44. The second-order valence-corrected chi connectivity index (χ2v) is 6.72. The van der Waals surface area contributed by atoms with Crippen molar-refractivity contribution < 1.29 is 14.7 Å². The molecule has 0 aliphatic carbocycles. The van der Waals surface area contributed by atoms with E-state index in [-0.39, 0.29) is 24.3 Å². The van der Waals surface area contributed by atoms with E-state index in [0.29, 0.717) is 31.1 Å². The fraction of sp³-hybridized carbons (Fsp3) is 0.529. The van der Waals surface area contributed by atoms with Gasteiger partial charge in [-0.2, -0.15) is 0 Å². The summed E-state index contributed by atoms with van der Waals surface area (Å²) in [7, 11) is 0. The Labute approximate surface area is 140 Å². The minimum atomic E-state index is -0.594. The zero-order valence-electron chi connectivity index (χ0n) is 12.9. The number of carbonyl (C=O) groups is 2. The number of benzene rings is 1. The van der Waals surface area contributed by atoms with Crippen molar-refractivity contribution in [3.8, 4) is 0 Å². The summed E-state index contributed by atoms with van der Waals surface area (Å²) in [6, 6.07) is 7.09. The van der Waals surface area contributed by atoms with E-state index >= 15 is 0 Å². The molecule has 2 saturated heterocycles. The van der Waals surface area contributed by atoms with Gasteiger partial charge in [0, 0.05) is 37.0 Å². The second kappa shape index (κ2) is 6.89. The predicted molar refractivity (Wildman–Crippen MR) is 88.3 cm³/mol. The third-order valence-electron chi connectivity index (χ3n) is 4.73. The van der Waals surface area contributed by atoms with Crippen molar-refractivity contribution in [2.24, 2.45) is 11.8 Å². The van der Waals surface area contributed by atoms with Crippen LogP contribution in [0.1, 0.15) is 19.3 Å². The number of anilines is 1. The van der Waals surface area contributed by atoms with Gasteiger partial charge >= 0.3 is 0 Å². The molecule has 0 radical (unpaired) electrons. The van der Waals surface area contributed by atoms with Gasteiger partial charge in [-0.3, -0.25) is 9.59 Å². The van der Waals surface area contributed by atoms with Crippen LogP contribution in [0.15, 0.2) is 24.3 Å². The summed E-state index contributed by atoms with van der Waals surface area (Å²) < 4.78 is 0. The van der Waals surface area contributed by atoms with Crippen molar-refractivity contribution in [2.45, 2.75) is 19.3 Å². The van der Waals surface area contributed by atoms with Gasteiger partial charge in [-0.25, -0.2) is 0 Å². The quantitative estimate of drug-likeness (QED) is 0.858. The minimum absolute atomic E-state index is 0.0930. The molecule has 0 spiro atoms. The Kier molecular flexibility index (Phi) is 4.87. The summed E-state index contributed by atoms with van der Waals surface area (Å²) in [6.45, 7) is 1.88. The van der Waals surface area contributed by atoms with Gasteiger partial charge < -0.3 is 14.9 Å². The van der Waals surface area contributed by atoms with Crippen LogP contribution in [0.4, 0.5) is 5.69 Å². The Morgan fingerprint density at radius 3 is 2.65 bits per heavy atom. The van der Waals surface area contributed by atoms with E-state index in [1.807, 2.05) is 0 Å². The smallest absolute Gasteiger partial charge is 0.239 e. The molecule has 1 N–H and O–H groups in total. The van der Waals surface area contributed by atoms with Crippen molar-refractivity contribution in [3.05, 3.63) is 29.3 Å². The summed E-state index contributed by atoms with van der Waals surface area (Å²) in [4.78, 5) is 28.7. The third kappa shape index (κ3) is 3.35. The van der Waals surface area contributed by atoms with Crippen LogP contribution in [-0.4, -0.2) is 48.1 Å². The van der Waals surface area contributed by atoms with Gasteiger partial charge in [-0.15, -0.1) is 0 Å². The van der Waals surface area contributed by atoms with Gasteiger partial charge in [-0.1, -0.05) is 11.6 Å². The molecule has 0 bridgehead atoms. The van der Waals surface area contributed by atoms with Crippen LogP contribution in [-0.2, 0) is 9.59 Å². The number of aliphatic hydroxyl groups is 1. The van der Waals surface area contributed by atoms with E-state index in [1.165, 1.54) is 0 Å². The molecule has 2 atom stereocenters. The lowest BCUT2D eigenvalue weighted by molar-refractivity contribution is -0.141. The Morgan fingerprint density at radius 1 is 1.22 bits per heavy atom. The largest absolute Gasteiger partial charge is 0.396 e. The number of nitrogens with zero attached hydrogens (tertiary/aromatic N) is 2. The van der Waals surface area contributed by atoms with Gasteiger partial charge in [0.2, 0.25) is 11.8 Å². The first-order chi connectivity index (χ1) is 11.1. The molecule has 1 aromatic rings. The number of rotatable bonds is 3. The van der Waals surface area contributed by atoms with Crippen LogP contribution in [0.5, 0.6) is 0 Å². The molecule has 2 aliphatic heterocycles. The summed E-state index contributed by atoms with van der Waals surface area (Å²) in [5, 5.41) is 9.92. The monoisotopic (exact) mass is 336 g/mol. The Morgan fingerprint density at radius 2 is 1.96 bits per heavy atom.